The molecule has 8 heteroatoms. The van der Waals surface area contributed by atoms with Gasteiger partial charge >= 0.3 is 12.1 Å². The minimum absolute atomic E-state index is 0.163. The van der Waals surface area contributed by atoms with E-state index in [2.05, 4.69) is 9.98 Å². The number of aromatic nitrogens is 2. The molecule has 1 amide bonds. The Hall–Kier alpha value is -1.70. The van der Waals surface area contributed by atoms with Crippen LogP contribution in [0.5, 0.6) is 0 Å². The van der Waals surface area contributed by atoms with E-state index in [-0.39, 0.29) is 5.49 Å². The summed E-state index contributed by atoms with van der Waals surface area (Å²) in [7, 11) is 0. The van der Waals surface area contributed by atoms with Crippen LogP contribution in [-0.4, -0.2) is 21.6 Å². The number of aryl methyl sites for hydroxylation is 3. The van der Waals surface area contributed by atoms with Crippen LogP contribution >= 0.6 is 11.3 Å². The lowest BCUT2D eigenvalue weighted by Gasteiger charge is -2.19. The van der Waals surface area contributed by atoms with Crippen molar-refractivity contribution in [2.24, 2.45) is 4.99 Å². The van der Waals surface area contributed by atoms with Crippen molar-refractivity contribution >= 4 is 27.5 Å². The van der Waals surface area contributed by atoms with Crippen molar-refractivity contribution in [3.05, 3.63) is 21.8 Å². The van der Waals surface area contributed by atoms with E-state index in [1.807, 2.05) is 0 Å². The molecule has 2 aromatic heterocycles. The highest BCUT2D eigenvalue weighted by molar-refractivity contribution is 7.18. The maximum Gasteiger partial charge on any atom is 0.473 e. The van der Waals surface area contributed by atoms with E-state index < -0.39 is 12.1 Å². The molecule has 1 aliphatic heterocycles. The van der Waals surface area contributed by atoms with Gasteiger partial charge in [-0.1, -0.05) is 0 Å². The number of nitrogens with zero attached hydrogens (tertiary/aromatic N) is 3. The molecular formula is C16H16F3N3OS. The number of carbonyl (C=O) groups is 1. The average Bonchev–Trinajstić information content (AvgIpc) is 2.91. The van der Waals surface area contributed by atoms with Gasteiger partial charge in [0, 0.05) is 17.8 Å². The van der Waals surface area contributed by atoms with Crippen LogP contribution in [-0.2, 0) is 30.6 Å². The molecule has 3 heterocycles. The fourth-order valence-corrected chi connectivity index (χ4v) is 4.82. The first-order valence-corrected chi connectivity index (χ1v) is 8.96. The molecule has 1 aliphatic carbocycles. The first-order chi connectivity index (χ1) is 11.4. The topological polar surface area (TPSA) is 47.2 Å². The molecule has 128 valence electrons. The van der Waals surface area contributed by atoms with Gasteiger partial charge in [-0.15, -0.1) is 11.3 Å². The fraction of sp³-hybridized carbons (Fsp3) is 0.562. The molecule has 0 atom stereocenters. The Morgan fingerprint density at radius 1 is 1.12 bits per heavy atom. The normalized spacial score (nSPS) is 18.5. The fourth-order valence-electron chi connectivity index (χ4n) is 3.55. The molecule has 0 saturated carbocycles. The molecule has 0 spiro atoms. The number of hydrogen-bond donors (Lipinski definition) is 0. The van der Waals surface area contributed by atoms with Gasteiger partial charge in [-0.3, -0.25) is 4.79 Å². The molecule has 4 rings (SSSR count). The Labute approximate surface area is 140 Å². The Kier molecular flexibility index (Phi) is 3.74. The quantitative estimate of drug-likeness (QED) is 0.728. The summed E-state index contributed by atoms with van der Waals surface area (Å²) >= 11 is 1.54. The van der Waals surface area contributed by atoms with Crippen LogP contribution in [0.15, 0.2) is 4.99 Å². The number of carbonyl (C=O) groups excluding carboxylic acids is 1. The van der Waals surface area contributed by atoms with Crippen LogP contribution in [0.25, 0.3) is 10.2 Å². The lowest BCUT2D eigenvalue weighted by atomic mass is 9.97. The summed E-state index contributed by atoms with van der Waals surface area (Å²) in [6.45, 7) is 0.562. The van der Waals surface area contributed by atoms with Crippen LogP contribution < -0.4 is 5.49 Å². The second-order valence-corrected chi connectivity index (χ2v) is 7.35. The van der Waals surface area contributed by atoms with Crippen LogP contribution in [0.3, 0.4) is 0 Å². The number of rotatable bonds is 0. The SMILES string of the molecule is O=C(N=c1c2c3c(sc2nc2n1CCCC2)CCCC3)C(F)(F)F. The maximum atomic E-state index is 12.8. The zero-order valence-electron chi connectivity index (χ0n) is 12.9. The predicted molar refractivity (Wildman–Crippen MR) is 83.8 cm³/mol. The minimum atomic E-state index is -4.95. The van der Waals surface area contributed by atoms with Crippen molar-refractivity contribution in [2.75, 3.05) is 0 Å². The Morgan fingerprint density at radius 2 is 1.88 bits per heavy atom. The monoisotopic (exact) mass is 355 g/mol. The highest BCUT2D eigenvalue weighted by Crippen LogP contribution is 2.34. The largest absolute Gasteiger partial charge is 0.473 e. The van der Waals surface area contributed by atoms with Gasteiger partial charge in [0.25, 0.3) is 0 Å². The smallest absolute Gasteiger partial charge is 0.314 e. The Morgan fingerprint density at radius 3 is 2.67 bits per heavy atom. The van der Waals surface area contributed by atoms with E-state index in [9.17, 15) is 18.0 Å². The number of thiophene rings is 1. The zero-order chi connectivity index (χ0) is 16.9. The Bertz CT molecular complexity index is 895. The summed E-state index contributed by atoms with van der Waals surface area (Å²) in [5, 5.41) is 0.665. The molecule has 2 aliphatic rings. The standard InChI is InChI=1S/C16H16F3N3OS/c17-16(18,19)15(23)21-13-12-9-5-1-2-6-10(9)24-14(12)20-11-7-3-4-8-22(11)13/h1-8H2. The van der Waals surface area contributed by atoms with Gasteiger partial charge in [-0.25, -0.2) is 4.98 Å². The van der Waals surface area contributed by atoms with Gasteiger partial charge in [-0.05, 0) is 44.1 Å². The molecule has 0 bridgehead atoms. The second kappa shape index (κ2) is 5.68. The number of hydrogen-bond acceptors (Lipinski definition) is 3. The predicted octanol–water partition coefficient (Wildman–Crippen LogP) is 3.30. The van der Waals surface area contributed by atoms with Gasteiger partial charge in [0.05, 0.1) is 5.39 Å². The summed E-state index contributed by atoms with van der Waals surface area (Å²) in [6.07, 6.45) is 1.41. The first-order valence-electron chi connectivity index (χ1n) is 8.15. The third-order valence-corrected chi connectivity index (χ3v) is 5.84. The highest BCUT2D eigenvalue weighted by Gasteiger charge is 2.39. The molecule has 24 heavy (non-hydrogen) atoms. The summed E-state index contributed by atoms with van der Waals surface area (Å²) in [6, 6.07) is 0. The van der Waals surface area contributed by atoms with Crippen molar-refractivity contribution < 1.29 is 18.0 Å². The summed E-state index contributed by atoms with van der Waals surface area (Å²) in [5.74, 6) is -1.30. The molecule has 0 N–H and O–H groups in total. The van der Waals surface area contributed by atoms with Crippen LogP contribution in [0.4, 0.5) is 13.2 Å². The molecular weight excluding hydrogens is 339 g/mol. The third-order valence-electron chi connectivity index (χ3n) is 4.66. The second-order valence-electron chi connectivity index (χ2n) is 6.27. The van der Waals surface area contributed by atoms with Crippen LogP contribution in [0.2, 0.25) is 0 Å². The molecule has 0 radical (unpaired) electrons. The van der Waals surface area contributed by atoms with E-state index in [1.54, 1.807) is 15.9 Å². The lowest BCUT2D eigenvalue weighted by Crippen LogP contribution is -2.33. The molecule has 0 aromatic carbocycles. The minimum Gasteiger partial charge on any atom is -0.314 e. The Balaban J connectivity index is 2.06. The average molecular weight is 355 g/mol. The van der Waals surface area contributed by atoms with Crippen molar-refractivity contribution in [2.45, 2.75) is 57.7 Å². The van der Waals surface area contributed by atoms with Crippen LogP contribution in [0.1, 0.15) is 41.9 Å². The van der Waals surface area contributed by atoms with Gasteiger partial charge in [0.2, 0.25) is 0 Å². The van der Waals surface area contributed by atoms with E-state index in [0.29, 0.717) is 18.4 Å². The van der Waals surface area contributed by atoms with Gasteiger partial charge < -0.3 is 4.57 Å². The maximum absolute atomic E-state index is 12.8. The van der Waals surface area contributed by atoms with E-state index >= 15 is 0 Å². The summed E-state index contributed by atoms with van der Waals surface area (Å²) in [5.41, 5.74) is 1.21. The lowest BCUT2D eigenvalue weighted by molar-refractivity contribution is -0.169. The van der Waals surface area contributed by atoms with Crippen LogP contribution in [0, 0.1) is 0 Å². The first kappa shape index (κ1) is 15.8. The van der Waals surface area contributed by atoms with E-state index in [1.165, 1.54) is 4.88 Å². The number of alkyl halides is 3. The van der Waals surface area contributed by atoms with Gasteiger partial charge in [0.15, 0.2) is 0 Å². The third kappa shape index (κ3) is 2.56. The van der Waals surface area contributed by atoms with Gasteiger partial charge in [-0.2, -0.15) is 18.2 Å². The van der Waals surface area contributed by atoms with Crippen molar-refractivity contribution in [3.63, 3.8) is 0 Å². The van der Waals surface area contributed by atoms with E-state index in [4.69, 9.17) is 0 Å². The molecule has 2 aromatic rings. The summed E-state index contributed by atoms with van der Waals surface area (Å²) in [4.78, 5) is 21.6. The number of amides is 1. The molecule has 0 unspecified atom stereocenters. The zero-order valence-corrected chi connectivity index (χ0v) is 13.8. The summed E-state index contributed by atoms with van der Waals surface area (Å²) < 4.78 is 40.0. The van der Waals surface area contributed by atoms with Crippen molar-refractivity contribution in [1.29, 1.82) is 0 Å². The van der Waals surface area contributed by atoms with Crippen molar-refractivity contribution in [3.8, 4) is 0 Å². The molecule has 4 nitrogen and oxygen atoms in total. The molecule has 0 fully saturated rings. The number of halogens is 3. The van der Waals surface area contributed by atoms with Crippen molar-refractivity contribution in [1.82, 2.24) is 9.55 Å². The number of fused-ring (bicyclic) bond motifs is 4. The molecule has 0 saturated heterocycles. The highest BCUT2D eigenvalue weighted by atomic mass is 32.1. The van der Waals surface area contributed by atoms with E-state index in [0.717, 1.165) is 54.7 Å². The van der Waals surface area contributed by atoms with Gasteiger partial charge in [0.1, 0.15) is 16.1 Å².